The van der Waals surface area contributed by atoms with Gasteiger partial charge < -0.3 is 19.5 Å². The lowest BCUT2D eigenvalue weighted by atomic mass is 9.82. The van der Waals surface area contributed by atoms with E-state index in [1.807, 2.05) is 61.8 Å². The zero-order chi connectivity index (χ0) is 33.8. The van der Waals surface area contributed by atoms with Crippen LogP contribution in [0.25, 0.3) is 0 Å². The summed E-state index contributed by atoms with van der Waals surface area (Å²) >= 11 is 0. The number of hydrogen-bond acceptors (Lipinski definition) is 7. The van der Waals surface area contributed by atoms with Crippen LogP contribution in [-0.2, 0) is 39.3 Å². The van der Waals surface area contributed by atoms with Crippen LogP contribution in [0.1, 0.15) is 36.6 Å². The second-order valence-corrected chi connectivity index (χ2v) is 18.5. The van der Waals surface area contributed by atoms with E-state index in [2.05, 4.69) is 48.5 Å². The van der Waals surface area contributed by atoms with Crippen LogP contribution in [0.4, 0.5) is 17.1 Å². The fraction of sp³-hybridized carbons (Fsp3) is 0.405. The van der Waals surface area contributed by atoms with Crippen LogP contribution in [0.5, 0.6) is 5.75 Å². The highest BCUT2D eigenvalue weighted by molar-refractivity contribution is 6.91. The number of carbonyl (C=O) groups is 2. The van der Waals surface area contributed by atoms with Crippen molar-refractivity contribution in [2.75, 3.05) is 30.6 Å². The molecule has 3 aromatic carbocycles. The highest BCUT2D eigenvalue weighted by Gasteiger charge is 2.65. The Labute approximate surface area is 282 Å². The molecule has 4 aromatic rings. The molecule has 250 valence electrons. The van der Waals surface area contributed by atoms with E-state index in [0.717, 1.165) is 39.6 Å². The van der Waals surface area contributed by atoms with Crippen LogP contribution < -0.4 is 19.7 Å². The molecule has 0 unspecified atom stereocenters. The number of carbonyl (C=O) groups excluding carboxylic acids is 2. The molecule has 1 N–H and O–H groups in total. The molecule has 0 saturated carbocycles. The predicted octanol–water partition coefficient (Wildman–Crippen LogP) is 4.72. The molecule has 3 aliphatic heterocycles. The molecule has 7 rings (SSSR count). The van der Waals surface area contributed by atoms with Crippen LogP contribution in [0, 0.1) is 5.92 Å². The monoisotopic (exact) mass is 665 g/mol. The second-order valence-electron chi connectivity index (χ2n) is 13.8. The first-order chi connectivity index (χ1) is 23.1. The minimum Gasteiger partial charge on any atom is -0.497 e. The Morgan fingerprint density at radius 1 is 1.04 bits per heavy atom. The van der Waals surface area contributed by atoms with Crippen molar-refractivity contribution >= 4 is 42.1 Å². The van der Waals surface area contributed by atoms with Gasteiger partial charge in [0.2, 0.25) is 5.91 Å². The molecular formula is C37H43N5O5Si. The number of anilines is 3. The van der Waals surface area contributed by atoms with E-state index >= 15 is 0 Å². The first-order valence-electron chi connectivity index (χ1n) is 16.8. The SMILES string of the molecule is COc1ccc([Si](C)(C)[C@@H]2[C@@H](CCn3cc(CCO)nn3)O[C@]3(C(=O)N(C)c4ccc(N5C(=O)CCc6ccccc65)cc43)[C@H]2C)cc1. The summed E-state index contributed by atoms with van der Waals surface area (Å²) in [5.41, 5.74) is 3.98. The molecule has 4 heterocycles. The highest BCUT2D eigenvalue weighted by Crippen LogP contribution is 2.60. The number of likely N-dealkylation sites (N-methyl/N-ethyl adjacent to an activating group) is 1. The molecule has 48 heavy (non-hydrogen) atoms. The first kappa shape index (κ1) is 32.2. The van der Waals surface area contributed by atoms with Crippen LogP contribution in [0.2, 0.25) is 18.6 Å². The molecule has 0 radical (unpaired) electrons. The number of hydrogen-bond donors (Lipinski definition) is 1. The molecule has 4 atom stereocenters. The molecule has 0 bridgehead atoms. The van der Waals surface area contributed by atoms with Gasteiger partial charge in [0.15, 0.2) is 5.60 Å². The summed E-state index contributed by atoms with van der Waals surface area (Å²) in [6.45, 7) is 7.48. The van der Waals surface area contributed by atoms with Gasteiger partial charge in [0.25, 0.3) is 5.91 Å². The van der Waals surface area contributed by atoms with Crippen LogP contribution in [0.15, 0.2) is 72.9 Å². The number of aromatic nitrogens is 3. The molecule has 2 amide bonds. The quantitative estimate of drug-likeness (QED) is 0.258. The molecule has 0 aliphatic carbocycles. The zero-order valence-corrected chi connectivity index (χ0v) is 29.2. The van der Waals surface area contributed by atoms with Crippen molar-refractivity contribution in [3.05, 3.63) is 89.7 Å². The summed E-state index contributed by atoms with van der Waals surface area (Å²) in [5, 5.41) is 19.2. The third kappa shape index (κ3) is 5.07. The van der Waals surface area contributed by atoms with Gasteiger partial charge in [-0.1, -0.05) is 60.7 Å². The molecule has 3 aliphatic rings. The first-order valence-corrected chi connectivity index (χ1v) is 19.8. The van der Waals surface area contributed by atoms with Gasteiger partial charge in [-0.05, 0) is 60.3 Å². The van der Waals surface area contributed by atoms with E-state index in [9.17, 15) is 14.7 Å². The summed E-state index contributed by atoms with van der Waals surface area (Å²) in [6, 6.07) is 22.3. The zero-order valence-electron chi connectivity index (χ0n) is 28.2. The smallest absolute Gasteiger partial charge is 0.264 e. The number of aliphatic hydroxyl groups is 1. The van der Waals surface area contributed by atoms with E-state index < -0.39 is 13.7 Å². The standard InChI is InChI=1S/C37H43N5O5Si/c1-24-35(48(4,5)29-14-12-28(46-3)13-15-29)33(18-20-41-23-26(19-21-43)38-39-41)47-37(24)30-22-27(11-16-32(30)40(2)36(37)45)42-31-9-7-6-8-25(31)10-17-34(42)44/h6-9,11-16,22-24,33,35,43H,10,17-21H2,1-5H3/t24-,33+,35-,37+/m0/s1. The lowest BCUT2D eigenvalue weighted by Gasteiger charge is -2.37. The summed E-state index contributed by atoms with van der Waals surface area (Å²) in [4.78, 5) is 31.6. The van der Waals surface area contributed by atoms with E-state index in [-0.39, 0.29) is 36.0 Å². The van der Waals surface area contributed by atoms with Crippen LogP contribution in [-0.4, -0.2) is 66.9 Å². The number of para-hydroxylation sites is 1. The van der Waals surface area contributed by atoms with E-state index in [1.54, 1.807) is 21.6 Å². The maximum Gasteiger partial charge on any atom is 0.264 e. The minimum absolute atomic E-state index is 0.0137. The Morgan fingerprint density at radius 3 is 2.56 bits per heavy atom. The normalized spacial score (nSPS) is 23.6. The van der Waals surface area contributed by atoms with Gasteiger partial charge in [0.1, 0.15) is 5.75 Å². The second kappa shape index (κ2) is 12.3. The number of benzene rings is 3. The third-order valence-electron chi connectivity index (χ3n) is 10.9. The molecule has 1 aromatic heterocycles. The number of ether oxygens (including phenoxy) is 2. The maximum atomic E-state index is 14.6. The topological polar surface area (TPSA) is 110 Å². The summed E-state index contributed by atoms with van der Waals surface area (Å²) in [6.07, 6.45) is 3.84. The number of aliphatic hydroxyl groups excluding tert-OH is 1. The Bertz CT molecular complexity index is 1860. The van der Waals surface area contributed by atoms with Crippen molar-refractivity contribution in [3.63, 3.8) is 0 Å². The maximum absolute atomic E-state index is 14.6. The summed E-state index contributed by atoms with van der Waals surface area (Å²) < 4.78 is 14.5. The number of amides is 2. The van der Waals surface area contributed by atoms with E-state index in [0.29, 0.717) is 32.2 Å². The van der Waals surface area contributed by atoms with Crippen molar-refractivity contribution in [2.24, 2.45) is 5.92 Å². The fourth-order valence-electron chi connectivity index (χ4n) is 8.46. The van der Waals surface area contributed by atoms with Gasteiger partial charge in [-0.15, -0.1) is 5.10 Å². The summed E-state index contributed by atoms with van der Waals surface area (Å²) in [7, 11) is 1.17. The number of aryl methyl sites for hydroxylation is 2. The minimum atomic E-state index is -2.32. The molecule has 11 heteroatoms. The van der Waals surface area contributed by atoms with Crippen molar-refractivity contribution in [1.82, 2.24) is 15.0 Å². The van der Waals surface area contributed by atoms with Gasteiger partial charge in [-0.25, -0.2) is 0 Å². The Hall–Kier alpha value is -4.32. The van der Waals surface area contributed by atoms with Gasteiger partial charge >= 0.3 is 0 Å². The average Bonchev–Trinajstić information content (AvgIpc) is 3.73. The fourth-order valence-corrected chi connectivity index (χ4v) is 12.5. The van der Waals surface area contributed by atoms with Gasteiger partial charge in [-0.2, -0.15) is 0 Å². The van der Waals surface area contributed by atoms with E-state index in [1.165, 1.54) is 5.19 Å². The number of methoxy groups -OCH3 is 1. The Balaban J connectivity index is 1.32. The molecule has 1 spiro atoms. The van der Waals surface area contributed by atoms with Crippen molar-refractivity contribution in [3.8, 4) is 5.75 Å². The average molecular weight is 666 g/mol. The lowest BCUT2D eigenvalue weighted by molar-refractivity contribution is -0.145. The van der Waals surface area contributed by atoms with E-state index in [4.69, 9.17) is 9.47 Å². The largest absolute Gasteiger partial charge is 0.497 e. The number of fused-ring (bicyclic) bond motifs is 3. The molecule has 1 fully saturated rings. The highest BCUT2D eigenvalue weighted by atomic mass is 28.3. The van der Waals surface area contributed by atoms with Gasteiger partial charge in [-0.3, -0.25) is 19.2 Å². The lowest BCUT2D eigenvalue weighted by Crippen LogP contribution is -2.51. The van der Waals surface area contributed by atoms with Crippen molar-refractivity contribution in [1.29, 1.82) is 0 Å². The summed E-state index contributed by atoms with van der Waals surface area (Å²) in [5.74, 6) is 0.603. The van der Waals surface area contributed by atoms with Gasteiger partial charge in [0.05, 0.1) is 38.4 Å². The van der Waals surface area contributed by atoms with Crippen molar-refractivity contribution < 1.29 is 24.2 Å². The van der Waals surface area contributed by atoms with Crippen LogP contribution in [0.3, 0.4) is 0 Å². The number of nitrogens with zero attached hydrogens (tertiary/aromatic N) is 5. The molecular weight excluding hydrogens is 623 g/mol. The molecule has 1 saturated heterocycles. The molecule has 10 nitrogen and oxygen atoms in total. The van der Waals surface area contributed by atoms with Crippen LogP contribution >= 0.6 is 0 Å². The van der Waals surface area contributed by atoms with Crippen molar-refractivity contribution in [2.45, 2.75) is 69.5 Å². The Morgan fingerprint density at radius 2 is 1.81 bits per heavy atom. The third-order valence-corrected chi connectivity index (χ3v) is 15.3. The predicted molar refractivity (Wildman–Crippen MR) is 187 cm³/mol. The Kier molecular flexibility index (Phi) is 8.25. The van der Waals surface area contributed by atoms with Gasteiger partial charge in [0, 0.05) is 56.4 Å². The number of rotatable bonds is 9.